The minimum atomic E-state index is -0.365. The van der Waals surface area contributed by atoms with Gasteiger partial charge in [0.05, 0.1) is 23.6 Å². The number of aromatic nitrogens is 6. The maximum Gasteiger partial charge on any atom is 0.294 e. The molecule has 10 heteroatoms. The summed E-state index contributed by atoms with van der Waals surface area (Å²) in [5, 5.41) is 4.84. The number of para-hydroxylation sites is 1. The van der Waals surface area contributed by atoms with Crippen LogP contribution in [0.2, 0.25) is 0 Å². The first-order chi connectivity index (χ1) is 15.1. The fourth-order valence-corrected chi connectivity index (χ4v) is 3.78. The van der Waals surface area contributed by atoms with E-state index in [0.29, 0.717) is 35.7 Å². The number of H-pyrrole nitrogens is 1. The van der Waals surface area contributed by atoms with Gasteiger partial charge in [0, 0.05) is 25.0 Å². The molecule has 0 radical (unpaired) electrons. The largest absolute Gasteiger partial charge is 0.376 e. The second-order valence-electron chi connectivity index (χ2n) is 7.58. The molecule has 0 bridgehead atoms. The highest BCUT2D eigenvalue weighted by atomic mass is 16.5. The third kappa shape index (κ3) is 3.77. The Morgan fingerprint density at radius 3 is 2.97 bits per heavy atom. The number of nitrogens with one attached hydrogen (secondary N) is 1. The molecular formula is C21H21N7O3. The van der Waals surface area contributed by atoms with Crippen LogP contribution in [0.25, 0.3) is 16.7 Å². The van der Waals surface area contributed by atoms with Crippen LogP contribution in [0, 0.1) is 6.92 Å². The van der Waals surface area contributed by atoms with Crippen molar-refractivity contribution in [2.75, 3.05) is 13.2 Å². The van der Waals surface area contributed by atoms with Crippen molar-refractivity contribution < 1.29 is 9.53 Å². The van der Waals surface area contributed by atoms with Gasteiger partial charge in [0.1, 0.15) is 5.82 Å². The van der Waals surface area contributed by atoms with Crippen molar-refractivity contribution in [2.24, 2.45) is 0 Å². The van der Waals surface area contributed by atoms with Crippen LogP contribution in [0.1, 0.15) is 35.0 Å². The van der Waals surface area contributed by atoms with Gasteiger partial charge < -0.3 is 14.6 Å². The minimum Gasteiger partial charge on any atom is -0.376 e. The van der Waals surface area contributed by atoms with E-state index in [1.807, 2.05) is 13.0 Å². The van der Waals surface area contributed by atoms with Crippen molar-refractivity contribution in [1.29, 1.82) is 0 Å². The highest BCUT2D eigenvalue weighted by molar-refractivity contribution is 5.91. The number of aryl methyl sites for hydroxylation is 1. The third-order valence-electron chi connectivity index (χ3n) is 5.36. The molecule has 3 aromatic heterocycles. The summed E-state index contributed by atoms with van der Waals surface area (Å²) in [6.45, 7) is 3.01. The maximum absolute atomic E-state index is 13.4. The molecule has 4 heterocycles. The fourth-order valence-electron chi connectivity index (χ4n) is 3.78. The molecule has 0 spiro atoms. The van der Waals surface area contributed by atoms with Gasteiger partial charge in [-0.25, -0.2) is 14.5 Å². The van der Waals surface area contributed by atoms with Crippen LogP contribution in [0.5, 0.6) is 0 Å². The Balaban J connectivity index is 1.49. The summed E-state index contributed by atoms with van der Waals surface area (Å²) in [4.78, 5) is 43.2. The fraction of sp³-hybridized carbons (Fsp3) is 0.333. The van der Waals surface area contributed by atoms with Gasteiger partial charge in [-0.15, -0.1) is 5.10 Å². The number of aromatic amines is 1. The van der Waals surface area contributed by atoms with Gasteiger partial charge in [-0.2, -0.15) is 4.98 Å². The average molecular weight is 419 g/mol. The highest BCUT2D eigenvalue weighted by Gasteiger charge is 2.27. The van der Waals surface area contributed by atoms with Crippen molar-refractivity contribution in [3.63, 3.8) is 0 Å². The molecule has 1 atom stereocenters. The van der Waals surface area contributed by atoms with Crippen molar-refractivity contribution in [3.8, 4) is 0 Å². The molecule has 10 nitrogen and oxygen atoms in total. The summed E-state index contributed by atoms with van der Waals surface area (Å²) in [5.41, 5.74) is 1.16. The number of carbonyl (C=O) groups is 1. The summed E-state index contributed by atoms with van der Waals surface area (Å²) in [6, 6.07) is 8.90. The summed E-state index contributed by atoms with van der Waals surface area (Å²) in [7, 11) is 0. The predicted octanol–water partition coefficient (Wildman–Crippen LogP) is 1.49. The number of rotatable bonds is 5. The van der Waals surface area contributed by atoms with E-state index in [0.717, 1.165) is 18.5 Å². The summed E-state index contributed by atoms with van der Waals surface area (Å²) in [5.74, 6) is 0.435. The molecule has 1 unspecified atom stereocenters. The van der Waals surface area contributed by atoms with E-state index < -0.39 is 0 Å². The molecule has 5 rings (SSSR count). The minimum absolute atomic E-state index is 0.0444. The molecule has 1 aromatic carbocycles. The lowest BCUT2D eigenvalue weighted by molar-refractivity contribution is 0.0492. The Bertz CT molecular complexity index is 1320. The molecule has 1 fully saturated rings. The first kappa shape index (κ1) is 19.3. The molecule has 31 heavy (non-hydrogen) atoms. The quantitative estimate of drug-likeness (QED) is 0.521. The molecule has 4 aromatic rings. The lowest BCUT2D eigenvalue weighted by Crippen LogP contribution is -2.38. The van der Waals surface area contributed by atoms with Crippen LogP contribution >= 0.6 is 0 Å². The lowest BCUT2D eigenvalue weighted by atomic mass is 10.2. The van der Waals surface area contributed by atoms with Gasteiger partial charge in [-0.3, -0.25) is 9.59 Å². The maximum atomic E-state index is 13.4. The van der Waals surface area contributed by atoms with Gasteiger partial charge in [-0.05, 0) is 38.0 Å². The SMILES string of the molecule is Cc1ccnc2nc(C(=O)N(Cc3nc4ccccc4c(=O)[nH]3)CC3CCCO3)nn12. The van der Waals surface area contributed by atoms with Crippen molar-refractivity contribution in [1.82, 2.24) is 34.4 Å². The van der Waals surface area contributed by atoms with Gasteiger partial charge in [0.2, 0.25) is 5.82 Å². The average Bonchev–Trinajstić information content (AvgIpc) is 3.43. The Morgan fingerprint density at radius 1 is 1.29 bits per heavy atom. The number of amides is 1. The second kappa shape index (κ2) is 7.88. The van der Waals surface area contributed by atoms with Crippen LogP contribution in [-0.4, -0.2) is 59.6 Å². The molecular weight excluding hydrogens is 398 g/mol. The van der Waals surface area contributed by atoms with E-state index in [1.165, 1.54) is 4.52 Å². The van der Waals surface area contributed by atoms with E-state index in [2.05, 4.69) is 25.0 Å². The number of hydrogen-bond donors (Lipinski definition) is 1. The van der Waals surface area contributed by atoms with Crippen LogP contribution in [0.15, 0.2) is 41.3 Å². The van der Waals surface area contributed by atoms with E-state index in [4.69, 9.17) is 4.74 Å². The van der Waals surface area contributed by atoms with Crippen LogP contribution in [0.4, 0.5) is 0 Å². The molecule has 1 aliphatic rings. The lowest BCUT2D eigenvalue weighted by Gasteiger charge is -2.24. The van der Waals surface area contributed by atoms with E-state index in [-0.39, 0.29) is 29.9 Å². The molecule has 1 aliphatic heterocycles. The number of carbonyl (C=O) groups excluding carboxylic acids is 1. The third-order valence-corrected chi connectivity index (χ3v) is 5.36. The topological polar surface area (TPSA) is 118 Å². The molecule has 1 saturated heterocycles. The zero-order valence-electron chi connectivity index (χ0n) is 17.0. The monoisotopic (exact) mass is 419 g/mol. The number of benzene rings is 1. The number of nitrogens with zero attached hydrogens (tertiary/aromatic N) is 6. The molecule has 158 valence electrons. The van der Waals surface area contributed by atoms with E-state index in [9.17, 15) is 9.59 Å². The number of ether oxygens (including phenoxy) is 1. The number of fused-ring (bicyclic) bond motifs is 2. The summed E-state index contributed by atoms with van der Waals surface area (Å²) in [6.07, 6.45) is 3.37. The van der Waals surface area contributed by atoms with Gasteiger partial charge in [-0.1, -0.05) is 12.1 Å². The smallest absolute Gasteiger partial charge is 0.294 e. The Kier molecular flexibility index (Phi) is 4.91. The van der Waals surface area contributed by atoms with Crippen LogP contribution in [0.3, 0.4) is 0 Å². The van der Waals surface area contributed by atoms with E-state index in [1.54, 1.807) is 35.4 Å². The zero-order valence-corrected chi connectivity index (χ0v) is 17.0. The van der Waals surface area contributed by atoms with Gasteiger partial charge >= 0.3 is 0 Å². The van der Waals surface area contributed by atoms with Gasteiger partial charge in [0.25, 0.3) is 17.2 Å². The zero-order chi connectivity index (χ0) is 21.4. The van der Waals surface area contributed by atoms with Gasteiger partial charge in [0.15, 0.2) is 0 Å². The Morgan fingerprint density at radius 2 is 2.16 bits per heavy atom. The van der Waals surface area contributed by atoms with Crippen LogP contribution < -0.4 is 5.56 Å². The second-order valence-corrected chi connectivity index (χ2v) is 7.58. The van der Waals surface area contributed by atoms with Crippen molar-refractivity contribution in [3.05, 3.63) is 64.2 Å². The van der Waals surface area contributed by atoms with E-state index >= 15 is 0 Å². The molecule has 0 saturated carbocycles. The molecule has 0 aliphatic carbocycles. The summed E-state index contributed by atoms with van der Waals surface area (Å²) >= 11 is 0. The predicted molar refractivity (Wildman–Crippen MR) is 112 cm³/mol. The molecule has 1 amide bonds. The Hall–Kier alpha value is -3.66. The normalized spacial score (nSPS) is 16.2. The Labute approximate surface area is 176 Å². The first-order valence-electron chi connectivity index (χ1n) is 10.2. The summed E-state index contributed by atoms with van der Waals surface area (Å²) < 4.78 is 7.27. The number of hydrogen-bond acceptors (Lipinski definition) is 7. The van der Waals surface area contributed by atoms with Crippen LogP contribution in [-0.2, 0) is 11.3 Å². The molecule has 1 N–H and O–H groups in total. The van der Waals surface area contributed by atoms with Crippen molar-refractivity contribution >= 4 is 22.6 Å². The van der Waals surface area contributed by atoms with Crippen molar-refractivity contribution in [2.45, 2.75) is 32.4 Å². The first-order valence-corrected chi connectivity index (χ1v) is 10.2. The standard InChI is InChI=1S/C21H21N7O3/c1-13-8-9-22-21-25-18(26-28(13)21)20(30)27(11-14-5-4-10-31-14)12-17-23-16-7-3-2-6-15(16)19(29)24-17/h2-3,6-9,14H,4-5,10-12H2,1H3,(H,23,24,29). The highest BCUT2D eigenvalue weighted by Crippen LogP contribution is 2.16.